The summed E-state index contributed by atoms with van der Waals surface area (Å²) in [5.41, 5.74) is 10.8. The topological polar surface area (TPSA) is 104 Å². The molecule has 1 saturated heterocycles. The quantitative estimate of drug-likeness (QED) is 0.220. The van der Waals surface area contributed by atoms with Crippen molar-refractivity contribution < 1.29 is 14.3 Å². The van der Waals surface area contributed by atoms with Gasteiger partial charge in [0.05, 0.1) is 24.0 Å². The van der Waals surface area contributed by atoms with Crippen molar-refractivity contribution in [2.45, 2.75) is 77.7 Å². The minimum absolute atomic E-state index is 0.0500. The lowest BCUT2D eigenvalue weighted by atomic mass is 9.84. The third-order valence-corrected chi connectivity index (χ3v) is 6.90. The SMILES string of the molecule is CC(C)(C)OC(=O)N(CC1CCC1)C1CCCN(c2ccc(CN=[N+]=[N-])nc2OCc2ccccc2)C1. The number of nitrogens with zero attached hydrogens (tertiary/aromatic N) is 6. The minimum Gasteiger partial charge on any atom is -0.471 e. The molecule has 1 unspecified atom stereocenters. The van der Waals surface area contributed by atoms with Gasteiger partial charge in [0.25, 0.3) is 0 Å². The predicted molar refractivity (Wildman–Crippen MR) is 143 cm³/mol. The summed E-state index contributed by atoms with van der Waals surface area (Å²) >= 11 is 0. The molecule has 2 heterocycles. The number of hydrogen-bond acceptors (Lipinski definition) is 6. The summed E-state index contributed by atoms with van der Waals surface area (Å²) in [5.74, 6) is 1.06. The summed E-state index contributed by atoms with van der Waals surface area (Å²) in [7, 11) is 0. The van der Waals surface area contributed by atoms with Crippen molar-refractivity contribution in [3.63, 3.8) is 0 Å². The summed E-state index contributed by atoms with van der Waals surface area (Å²) < 4.78 is 12.0. The van der Waals surface area contributed by atoms with E-state index in [-0.39, 0.29) is 18.7 Å². The van der Waals surface area contributed by atoms with Crippen LogP contribution in [0.2, 0.25) is 0 Å². The Bertz CT molecular complexity index is 1090. The van der Waals surface area contributed by atoms with Gasteiger partial charge in [-0.1, -0.05) is 41.9 Å². The minimum atomic E-state index is -0.534. The number of ether oxygens (including phenoxy) is 2. The summed E-state index contributed by atoms with van der Waals surface area (Å²) in [6, 6.07) is 13.9. The smallest absolute Gasteiger partial charge is 0.410 e. The standard InChI is InChI=1S/C28H38N6O3/c1-28(2,3)37-27(35)34(18-21-11-7-12-21)24-13-8-16-33(19-24)25-15-14-23(17-30-32-29)31-26(25)36-20-22-9-5-4-6-10-22/h4-6,9-10,14-15,21,24H,7-8,11-13,16-20H2,1-3H3. The molecule has 9 heteroatoms. The second kappa shape index (κ2) is 12.2. The molecule has 2 fully saturated rings. The van der Waals surface area contributed by atoms with Gasteiger partial charge in [0.15, 0.2) is 0 Å². The van der Waals surface area contributed by atoms with Gasteiger partial charge in [-0.2, -0.15) is 0 Å². The van der Waals surface area contributed by atoms with Gasteiger partial charge < -0.3 is 19.3 Å². The lowest BCUT2D eigenvalue weighted by Crippen LogP contribution is -2.53. The van der Waals surface area contributed by atoms with Crippen LogP contribution in [-0.2, 0) is 17.9 Å². The molecule has 0 N–H and O–H groups in total. The van der Waals surface area contributed by atoms with Gasteiger partial charge in [-0.15, -0.1) is 0 Å². The Morgan fingerprint density at radius 3 is 2.62 bits per heavy atom. The van der Waals surface area contributed by atoms with E-state index in [1.54, 1.807) is 0 Å². The van der Waals surface area contributed by atoms with Crippen molar-refractivity contribution in [2.24, 2.45) is 11.0 Å². The molecule has 1 atom stereocenters. The molecule has 2 aromatic rings. The van der Waals surface area contributed by atoms with Crippen molar-refractivity contribution in [2.75, 3.05) is 24.5 Å². The Morgan fingerprint density at radius 2 is 1.95 bits per heavy atom. The van der Waals surface area contributed by atoms with Gasteiger partial charge in [0.2, 0.25) is 5.88 Å². The van der Waals surface area contributed by atoms with Crippen molar-refractivity contribution in [1.82, 2.24) is 9.88 Å². The summed E-state index contributed by atoms with van der Waals surface area (Å²) in [6.45, 7) is 8.57. The Morgan fingerprint density at radius 1 is 1.16 bits per heavy atom. The number of pyridine rings is 1. The second-order valence-electron chi connectivity index (χ2n) is 11.0. The molecule has 1 amide bonds. The van der Waals surface area contributed by atoms with E-state index in [4.69, 9.17) is 20.0 Å². The highest BCUT2D eigenvalue weighted by molar-refractivity contribution is 5.69. The zero-order valence-corrected chi connectivity index (χ0v) is 22.2. The Labute approximate surface area is 219 Å². The van der Waals surface area contributed by atoms with E-state index in [0.29, 0.717) is 30.6 Å². The third-order valence-electron chi connectivity index (χ3n) is 6.90. The van der Waals surface area contributed by atoms with Crippen LogP contribution in [0.1, 0.15) is 64.1 Å². The van der Waals surface area contributed by atoms with Gasteiger partial charge >= 0.3 is 6.09 Å². The van der Waals surface area contributed by atoms with Crippen molar-refractivity contribution in [3.05, 3.63) is 64.2 Å². The van der Waals surface area contributed by atoms with Crippen LogP contribution in [0, 0.1) is 5.92 Å². The van der Waals surface area contributed by atoms with E-state index >= 15 is 0 Å². The summed E-state index contributed by atoms with van der Waals surface area (Å²) in [4.78, 5) is 25.0. The number of piperidine rings is 1. The number of carbonyl (C=O) groups is 1. The molecule has 2 aliphatic rings. The molecule has 4 rings (SSSR count). The number of anilines is 1. The highest BCUT2D eigenvalue weighted by atomic mass is 16.6. The highest BCUT2D eigenvalue weighted by Gasteiger charge is 2.35. The Kier molecular flexibility index (Phi) is 8.77. The van der Waals surface area contributed by atoms with Crippen LogP contribution in [0.15, 0.2) is 47.6 Å². The Hall–Kier alpha value is -3.45. The van der Waals surface area contributed by atoms with E-state index < -0.39 is 5.60 Å². The number of benzene rings is 1. The molecule has 9 nitrogen and oxygen atoms in total. The molecule has 1 aromatic carbocycles. The number of carbonyl (C=O) groups excluding carboxylic acids is 1. The average molecular weight is 507 g/mol. The normalized spacial score (nSPS) is 17.9. The predicted octanol–water partition coefficient (Wildman–Crippen LogP) is 6.48. The maximum atomic E-state index is 13.3. The molecule has 1 aromatic heterocycles. The van der Waals surface area contributed by atoms with Crippen LogP contribution < -0.4 is 9.64 Å². The molecule has 0 spiro atoms. The number of amides is 1. The van der Waals surface area contributed by atoms with E-state index in [0.717, 1.165) is 37.2 Å². The van der Waals surface area contributed by atoms with Crippen LogP contribution in [0.4, 0.5) is 10.5 Å². The summed E-state index contributed by atoms with van der Waals surface area (Å²) in [5, 5.41) is 3.66. The molecule has 0 radical (unpaired) electrons. The first-order valence-electron chi connectivity index (χ1n) is 13.2. The number of aromatic nitrogens is 1. The first-order chi connectivity index (χ1) is 17.8. The maximum absolute atomic E-state index is 13.3. The van der Waals surface area contributed by atoms with Gasteiger partial charge in [-0.25, -0.2) is 9.78 Å². The Balaban J connectivity index is 1.55. The molecule has 37 heavy (non-hydrogen) atoms. The van der Waals surface area contributed by atoms with Crippen molar-refractivity contribution >= 4 is 11.8 Å². The molecular weight excluding hydrogens is 468 g/mol. The fourth-order valence-electron chi connectivity index (χ4n) is 4.81. The van der Waals surface area contributed by atoms with Crippen LogP contribution in [0.25, 0.3) is 10.4 Å². The summed E-state index contributed by atoms with van der Waals surface area (Å²) in [6.07, 6.45) is 5.24. The van der Waals surface area contributed by atoms with E-state index in [1.165, 1.54) is 19.3 Å². The van der Waals surface area contributed by atoms with Crippen LogP contribution >= 0.6 is 0 Å². The fourth-order valence-corrected chi connectivity index (χ4v) is 4.81. The second-order valence-corrected chi connectivity index (χ2v) is 11.0. The van der Waals surface area contributed by atoms with Crippen LogP contribution in [-0.4, -0.2) is 47.3 Å². The lowest BCUT2D eigenvalue weighted by molar-refractivity contribution is 0.00735. The third kappa shape index (κ3) is 7.52. The lowest BCUT2D eigenvalue weighted by Gasteiger charge is -2.43. The molecule has 1 aliphatic carbocycles. The molecule has 198 valence electrons. The number of azide groups is 1. The molecular formula is C28H38N6O3. The number of hydrogen-bond donors (Lipinski definition) is 0. The largest absolute Gasteiger partial charge is 0.471 e. The van der Waals surface area contributed by atoms with Crippen LogP contribution in [0.3, 0.4) is 0 Å². The first kappa shape index (κ1) is 26.6. The van der Waals surface area contributed by atoms with Crippen LogP contribution in [0.5, 0.6) is 5.88 Å². The fraction of sp³-hybridized carbons (Fsp3) is 0.571. The van der Waals surface area contributed by atoms with Gasteiger partial charge in [0, 0.05) is 24.5 Å². The zero-order valence-electron chi connectivity index (χ0n) is 22.2. The molecule has 1 saturated carbocycles. The maximum Gasteiger partial charge on any atom is 0.410 e. The van der Waals surface area contributed by atoms with E-state index in [1.807, 2.05) is 68.1 Å². The monoisotopic (exact) mass is 506 g/mol. The number of rotatable bonds is 9. The molecule has 0 bridgehead atoms. The average Bonchev–Trinajstić information content (AvgIpc) is 2.85. The highest BCUT2D eigenvalue weighted by Crippen LogP contribution is 2.33. The first-order valence-corrected chi connectivity index (χ1v) is 13.2. The van der Waals surface area contributed by atoms with Gasteiger partial charge in [-0.3, -0.25) is 0 Å². The van der Waals surface area contributed by atoms with Gasteiger partial charge in [0.1, 0.15) is 12.2 Å². The van der Waals surface area contributed by atoms with E-state index in [2.05, 4.69) is 14.9 Å². The van der Waals surface area contributed by atoms with E-state index in [9.17, 15) is 4.79 Å². The zero-order chi connectivity index (χ0) is 26.3. The van der Waals surface area contributed by atoms with Crippen molar-refractivity contribution in [3.8, 4) is 5.88 Å². The van der Waals surface area contributed by atoms with Crippen molar-refractivity contribution in [1.29, 1.82) is 0 Å². The molecule has 1 aliphatic heterocycles. The van der Waals surface area contributed by atoms with Gasteiger partial charge in [-0.05, 0) is 75.6 Å².